The van der Waals surface area contributed by atoms with Gasteiger partial charge in [-0.1, -0.05) is 0 Å². The summed E-state index contributed by atoms with van der Waals surface area (Å²) in [4.78, 5) is 14.4. The first-order chi connectivity index (χ1) is 7.99. The highest BCUT2D eigenvalue weighted by Crippen LogP contribution is 2.26. The lowest BCUT2D eigenvalue weighted by Gasteiger charge is -2.06. The third kappa shape index (κ3) is 1.96. The molecule has 0 aliphatic carbocycles. The summed E-state index contributed by atoms with van der Waals surface area (Å²) in [6.07, 6.45) is 0. The second kappa shape index (κ2) is 3.89. The predicted octanol–water partition coefficient (Wildman–Crippen LogP) is 1.63. The molecule has 0 fully saturated rings. The van der Waals surface area contributed by atoms with Gasteiger partial charge in [-0.3, -0.25) is 0 Å². The van der Waals surface area contributed by atoms with Gasteiger partial charge < -0.3 is 15.4 Å². The van der Waals surface area contributed by atoms with Crippen LogP contribution < -0.4 is 5.73 Å². The van der Waals surface area contributed by atoms with Crippen LogP contribution in [-0.4, -0.2) is 21.2 Å². The fourth-order valence-corrected chi connectivity index (χ4v) is 1.53. The van der Waals surface area contributed by atoms with Gasteiger partial charge in [0.05, 0.1) is 0 Å². The van der Waals surface area contributed by atoms with Gasteiger partial charge >= 0.3 is 5.97 Å². The van der Waals surface area contributed by atoms with Crippen molar-refractivity contribution in [2.45, 2.75) is 13.8 Å². The van der Waals surface area contributed by atoms with Crippen LogP contribution in [-0.2, 0) is 0 Å². The Hall–Kier alpha value is -2.37. The number of carboxylic acids is 1. The normalized spacial score (nSPS) is 10.5. The summed E-state index contributed by atoms with van der Waals surface area (Å²) in [6, 6.07) is 3.51. The molecule has 2 rings (SSSR count). The summed E-state index contributed by atoms with van der Waals surface area (Å²) in [5.41, 5.74) is 8.86. The maximum atomic E-state index is 10.7. The average molecular weight is 233 g/mol. The fourth-order valence-electron chi connectivity index (χ4n) is 1.53. The molecule has 0 unspecified atom stereocenters. The van der Waals surface area contributed by atoms with E-state index in [4.69, 9.17) is 15.4 Å². The van der Waals surface area contributed by atoms with E-state index < -0.39 is 5.97 Å². The molecule has 1 aromatic heterocycles. The van der Waals surface area contributed by atoms with Crippen molar-refractivity contribution >= 4 is 11.7 Å². The van der Waals surface area contributed by atoms with Crippen LogP contribution in [0.3, 0.4) is 0 Å². The second-order valence-corrected chi connectivity index (χ2v) is 3.74. The first-order valence-electron chi connectivity index (χ1n) is 4.93. The minimum Gasteiger partial charge on any atom is -0.475 e. The molecule has 0 saturated carbocycles. The lowest BCUT2D eigenvalue weighted by molar-refractivity contribution is 0.0680. The number of carbonyl (C=O) groups is 1. The standard InChI is InChI=1S/C11H11N3O3/c1-5-3-7(12)4-8(6(5)2)10-13-9(11(15)16)14-17-10/h3-4H,12H2,1-2H3,(H,15,16). The molecular formula is C11H11N3O3. The summed E-state index contributed by atoms with van der Waals surface area (Å²) < 4.78 is 4.91. The zero-order valence-corrected chi connectivity index (χ0v) is 9.39. The molecule has 0 radical (unpaired) electrons. The van der Waals surface area contributed by atoms with Gasteiger partial charge in [0.25, 0.3) is 11.7 Å². The van der Waals surface area contributed by atoms with E-state index in [0.29, 0.717) is 11.3 Å². The molecule has 0 atom stereocenters. The number of aromatic nitrogens is 2. The van der Waals surface area contributed by atoms with E-state index in [1.807, 2.05) is 19.9 Å². The zero-order chi connectivity index (χ0) is 12.6. The van der Waals surface area contributed by atoms with Crippen LogP contribution in [0.15, 0.2) is 16.7 Å². The number of aryl methyl sites for hydroxylation is 1. The Morgan fingerprint density at radius 1 is 1.41 bits per heavy atom. The molecule has 0 bridgehead atoms. The largest absolute Gasteiger partial charge is 0.475 e. The molecule has 0 aliphatic heterocycles. The number of benzene rings is 1. The predicted molar refractivity (Wildman–Crippen MR) is 60.6 cm³/mol. The summed E-state index contributed by atoms with van der Waals surface area (Å²) in [5.74, 6) is -1.42. The highest BCUT2D eigenvalue weighted by Gasteiger charge is 2.16. The number of rotatable bonds is 2. The van der Waals surface area contributed by atoms with E-state index in [1.165, 1.54) is 0 Å². The highest BCUT2D eigenvalue weighted by atomic mass is 16.5. The summed E-state index contributed by atoms with van der Waals surface area (Å²) in [5, 5.41) is 12.1. The molecule has 6 nitrogen and oxygen atoms in total. The molecule has 0 aliphatic rings. The summed E-state index contributed by atoms with van der Waals surface area (Å²) in [7, 11) is 0. The van der Waals surface area contributed by atoms with Crippen LogP contribution in [0.1, 0.15) is 21.7 Å². The average Bonchev–Trinajstić information content (AvgIpc) is 2.72. The molecule has 2 aromatic rings. The molecule has 17 heavy (non-hydrogen) atoms. The monoisotopic (exact) mass is 233 g/mol. The van der Waals surface area contributed by atoms with E-state index >= 15 is 0 Å². The Morgan fingerprint density at radius 2 is 2.12 bits per heavy atom. The third-order valence-electron chi connectivity index (χ3n) is 2.54. The Kier molecular flexibility index (Phi) is 2.55. The van der Waals surface area contributed by atoms with Crippen LogP contribution in [0.25, 0.3) is 11.5 Å². The van der Waals surface area contributed by atoms with Crippen LogP contribution in [0, 0.1) is 13.8 Å². The maximum absolute atomic E-state index is 10.7. The topological polar surface area (TPSA) is 102 Å². The van der Waals surface area contributed by atoms with E-state index in [9.17, 15) is 4.79 Å². The van der Waals surface area contributed by atoms with Crippen molar-refractivity contribution in [1.29, 1.82) is 0 Å². The van der Waals surface area contributed by atoms with E-state index in [2.05, 4.69) is 10.1 Å². The smallest absolute Gasteiger partial charge is 0.377 e. The zero-order valence-electron chi connectivity index (χ0n) is 9.39. The molecule has 0 spiro atoms. The summed E-state index contributed by atoms with van der Waals surface area (Å²) in [6.45, 7) is 3.79. The van der Waals surface area contributed by atoms with E-state index in [1.54, 1.807) is 6.07 Å². The minimum atomic E-state index is -1.22. The maximum Gasteiger partial charge on any atom is 0.377 e. The van der Waals surface area contributed by atoms with Crippen LogP contribution in [0.4, 0.5) is 5.69 Å². The Morgan fingerprint density at radius 3 is 2.71 bits per heavy atom. The van der Waals surface area contributed by atoms with Gasteiger partial charge in [-0.15, -0.1) is 0 Å². The first kappa shape index (κ1) is 11.1. The number of nitrogens with zero attached hydrogens (tertiary/aromatic N) is 2. The van der Waals surface area contributed by atoms with Gasteiger partial charge in [0.2, 0.25) is 0 Å². The number of hydrogen-bond donors (Lipinski definition) is 2. The van der Waals surface area contributed by atoms with Crippen LogP contribution in [0.5, 0.6) is 0 Å². The fraction of sp³-hybridized carbons (Fsp3) is 0.182. The number of anilines is 1. The molecule has 6 heteroatoms. The first-order valence-corrected chi connectivity index (χ1v) is 4.93. The van der Waals surface area contributed by atoms with Crippen LogP contribution in [0.2, 0.25) is 0 Å². The number of aromatic carboxylic acids is 1. The van der Waals surface area contributed by atoms with Crippen LogP contribution >= 0.6 is 0 Å². The van der Waals surface area contributed by atoms with Crippen molar-refractivity contribution in [3.8, 4) is 11.5 Å². The lowest BCUT2D eigenvalue weighted by atomic mass is 10.0. The minimum absolute atomic E-state index is 0.162. The van der Waals surface area contributed by atoms with Crippen molar-refractivity contribution in [2.24, 2.45) is 0 Å². The summed E-state index contributed by atoms with van der Waals surface area (Å²) >= 11 is 0. The SMILES string of the molecule is Cc1cc(N)cc(-c2nc(C(=O)O)no2)c1C. The lowest BCUT2D eigenvalue weighted by Crippen LogP contribution is -1.98. The molecule has 0 saturated heterocycles. The molecule has 88 valence electrons. The quantitative estimate of drug-likeness (QED) is 0.764. The van der Waals surface area contributed by atoms with Gasteiger partial charge in [-0.25, -0.2) is 4.79 Å². The molecule has 1 heterocycles. The van der Waals surface area contributed by atoms with Crippen molar-refractivity contribution < 1.29 is 14.4 Å². The van der Waals surface area contributed by atoms with Gasteiger partial charge in [0, 0.05) is 11.3 Å². The van der Waals surface area contributed by atoms with Gasteiger partial charge in [0.1, 0.15) is 0 Å². The number of nitrogen functional groups attached to an aromatic ring is 1. The highest BCUT2D eigenvalue weighted by molar-refractivity contribution is 5.83. The number of hydrogen-bond acceptors (Lipinski definition) is 5. The van der Waals surface area contributed by atoms with Crippen molar-refractivity contribution in [1.82, 2.24) is 10.1 Å². The van der Waals surface area contributed by atoms with E-state index in [-0.39, 0.29) is 11.7 Å². The molecule has 1 aromatic carbocycles. The molecule has 3 N–H and O–H groups in total. The van der Waals surface area contributed by atoms with Crippen molar-refractivity contribution in [3.63, 3.8) is 0 Å². The van der Waals surface area contributed by atoms with Gasteiger partial charge in [-0.2, -0.15) is 4.98 Å². The van der Waals surface area contributed by atoms with Crippen molar-refractivity contribution in [2.75, 3.05) is 5.73 Å². The molecule has 0 amide bonds. The van der Waals surface area contributed by atoms with Gasteiger partial charge in [0.15, 0.2) is 0 Å². The number of carboxylic acid groups (broad SMARTS) is 1. The number of nitrogens with two attached hydrogens (primary N) is 1. The van der Waals surface area contributed by atoms with E-state index in [0.717, 1.165) is 11.1 Å². The molecular weight excluding hydrogens is 222 g/mol. The Bertz CT molecular complexity index is 590. The third-order valence-corrected chi connectivity index (χ3v) is 2.54. The van der Waals surface area contributed by atoms with Crippen molar-refractivity contribution in [3.05, 3.63) is 29.1 Å². The van der Waals surface area contributed by atoms with Gasteiger partial charge in [-0.05, 0) is 42.3 Å². The second-order valence-electron chi connectivity index (χ2n) is 3.74. The Balaban J connectivity index is 2.56. The Labute approximate surface area is 97.1 Å².